The van der Waals surface area contributed by atoms with Crippen LogP contribution in [-0.4, -0.2) is 32.1 Å². The molecule has 0 fully saturated rings. The third-order valence-corrected chi connectivity index (χ3v) is 1.97. The van der Waals surface area contributed by atoms with Crippen molar-refractivity contribution < 1.29 is 15.0 Å². The fraction of sp³-hybridized carbons (Fsp3) is 0.500. The summed E-state index contributed by atoms with van der Waals surface area (Å²) in [6.07, 6.45) is 0.778. The number of nitrogens with zero attached hydrogens (tertiary/aromatic N) is 2. The smallest absolute Gasteiger partial charge is 0.354 e. The number of carbonyl (C=O) groups is 1. The average Bonchev–Trinajstić information content (AvgIpc) is 2.50. The lowest BCUT2D eigenvalue weighted by atomic mass is 10.2. The zero-order chi connectivity index (χ0) is 10.0. The van der Waals surface area contributed by atoms with Crippen molar-refractivity contribution in [2.24, 2.45) is 0 Å². The van der Waals surface area contributed by atoms with Gasteiger partial charge in [0.05, 0.1) is 12.1 Å². The fourth-order valence-corrected chi connectivity index (χ4v) is 1.01. The third-order valence-electron chi connectivity index (χ3n) is 1.97. The highest BCUT2D eigenvalue weighted by Crippen LogP contribution is 2.12. The van der Waals surface area contributed by atoms with Gasteiger partial charge in [0.1, 0.15) is 5.69 Å². The molecule has 0 radical (unpaired) electrons. The number of carboxylic acid groups (broad SMARTS) is 1. The van der Waals surface area contributed by atoms with Gasteiger partial charge in [0.2, 0.25) is 0 Å². The second-order valence-corrected chi connectivity index (χ2v) is 2.95. The molecule has 0 spiro atoms. The first kappa shape index (κ1) is 9.73. The first-order valence-corrected chi connectivity index (χ1v) is 3.99. The van der Waals surface area contributed by atoms with Crippen LogP contribution in [0.15, 0.2) is 12.3 Å². The summed E-state index contributed by atoms with van der Waals surface area (Å²) in [5.74, 6) is -1.04. The van der Waals surface area contributed by atoms with Crippen molar-refractivity contribution in [2.45, 2.75) is 26.0 Å². The Hall–Kier alpha value is -1.36. The maximum absolute atomic E-state index is 10.7. The van der Waals surface area contributed by atoms with Crippen LogP contribution in [0.5, 0.6) is 0 Å². The Morgan fingerprint density at radius 1 is 1.62 bits per heavy atom. The van der Waals surface area contributed by atoms with Crippen LogP contribution in [0, 0.1) is 0 Å². The highest BCUT2D eigenvalue weighted by atomic mass is 16.4. The van der Waals surface area contributed by atoms with Crippen LogP contribution in [-0.2, 0) is 0 Å². The SMILES string of the molecule is CC(O)C(C)n1nccc1C(=O)O. The number of rotatable bonds is 3. The third kappa shape index (κ3) is 1.86. The second kappa shape index (κ2) is 3.57. The largest absolute Gasteiger partial charge is 0.477 e. The van der Waals surface area contributed by atoms with Gasteiger partial charge in [-0.05, 0) is 19.9 Å². The number of aliphatic hydroxyl groups is 1. The standard InChI is InChI=1S/C8H12N2O3/c1-5(6(2)11)10-7(8(12)13)3-4-9-10/h3-6,11H,1-2H3,(H,12,13). The lowest BCUT2D eigenvalue weighted by Gasteiger charge is -2.16. The summed E-state index contributed by atoms with van der Waals surface area (Å²) in [5, 5.41) is 21.8. The Labute approximate surface area is 75.6 Å². The zero-order valence-corrected chi connectivity index (χ0v) is 7.51. The average molecular weight is 184 g/mol. The predicted octanol–water partition coefficient (Wildman–Crippen LogP) is 0.523. The summed E-state index contributed by atoms with van der Waals surface area (Å²) in [6.45, 7) is 3.31. The molecule has 5 nitrogen and oxygen atoms in total. The van der Waals surface area contributed by atoms with Crippen LogP contribution in [0.1, 0.15) is 30.4 Å². The van der Waals surface area contributed by atoms with E-state index in [0.29, 0.717) is 0 Å². The quantitative estimate of drug-likeness (QED) is 0.718. The number of aromatic carboxylic acids is 1. The van der Waals surface area contributed by atoms with E-state index in [1.807, 2.05) is 0 Å². The van der Waals surface area contributed by atoms with Gasteiger partial charge in [-0.25, -0.2) is 4.79 Å². The van der Waals surface area contributed by atoms with E-state index < -0.39 is 12.1 Å². The van der Waals surface area contributed by atoms with E-state index in [0.717, 1.165) is 0 Å². The van der Waals surface area contributed by atoms with Crippen LogP contribution in [0.3, 0.4) is 0 Å². The summed E-state index contributed by atoms with van der Waals surface area (Å²) in [4.78, 5) is 10.7. The van der Waals surface area contributed by atoms with Gasteiger partial charge < -0.3 is 10.2 Å². The summed E-state index contributed by atoms with van der Waals surface area (Å²) in [5.41, 5.74) is 0.0911. The van der Waals surface area contributed by atoms with Gasteiger partial charge in [0.25, 0.3) is 0 Å². The molecule has 0 aliphatic heterocycles. The van der Waals surface area contributed by atoms with Crippen molar-refractivity contribution in [3.05, 3.63) is 18.0 Å². The first-order valence-electron chi connectivity index (χ1n) is 3.99. The summed E-state index contributed by atoms with van der Waals surface area (Å²) in [6, 6.07) is 1.07. The van der Waals surface area contributed by atoms with E-state index in [9.17, 15) is 9.90 Å². The van der Waals surface area contributed by atoms with Gasteiger partial charge in [-0.2, -0.15) is 5.10 Å². The molecular weight excluding hydrogens is 172 g/mol. The maximum Gasteiger partial charge on any atom is 0.354 e. The molecule has 1 aromatic rings. The Morgan fingerprint density at radius 2 is 2.23 bits per heavy atom. The van der Waals surface area contributed by atoms with Gasteiger partial charge in [0, 0.05) is 6.20 Å². The summed E-state index contributed by atoms with van der Waals surface area (Å²) >= 11 is 0. The molecular formula is C8H12N2O3. The van der Waals surface area contributed by atoms with Gasteiger partial charge in [0.15, 0.2) is 0 Å². The molecule has 13 heavy (non-hydrogen) atoms. The number of aromatic nitrogens is 2. The minimum absolute atomic E-state index is 0.0911. The maximum atomic E-state index is 10.7. The topological polar surface area (TPSA) is 75.3 Å². The van der Waals surface area contributed by atoms with Crippen molar-refractivity contribution in [3.63, 3.8) is 0 Å². The molecule has 2 N–H and O–H groups in total. The molecule has 0 bridgehead atoms. The van der Waals surface area contributed by atoms with Crippen molar-refractivity contribution in [3.8, 4) is 0 Å². The molecule has 2 unspecified atom stereocenters. The van der Waals surface area contributed by atoms with Crippen LogP contribution in [0.2, 0.25) is 0 Å². The highest BCUT2D eigenvalue weighted by molar-refractivity contribution is 5.85. The molecule has 72 valence electrons. The van der Waals surface area contributed by atoms with Crippen molar-refractivity contribution in [1.29, 1.82) is 0 Å². The van der Waals surface area contributed by atoms with Crippen LogP contribution in [0.25, 0.3) is 0 Å². The molecule has 2 atom stereocenters. The number of aliphatic hydroxyl groups excluding tert-OH is 1. The van der Waals surface area contributed by atoms with Gasteiger partial charge in [-0.1, -0.05) is 0 Å². The Morgan fingerprint density at radius 3 is 2.69 bits per heavy atom. The molecule has 0 saturated heterocycles. The molecule has 0 aliphatic carbocycles. The van der Waals surface area contributed by atoms with Crippen molar-refractivity contribution in [2.75, 3.05) is 0 Å². The Kier molecular flexibility index (Phi) is 2.67. The number of hydrogen-bond acceptors (Lipinski definition) is 3. The van der Waals surface area contributed by atoms with Crippen molar-refractivity contribution >= 4 is 5.97 Å². The van der Waals surface area contributed by atoms with Gasteiger partial charge >= 0.3 is 5.97 Å². The second-order valence-electron chi connectivity index (χ2n) is 2.95. The van der Waals surface area contributed by atoms with Gasteiger partial charge in [-0.3, -0.25) is 4.68 Å². The molecule has 1 rings (SSSR count). The van der Waals surface area contributed by atoms with Crippen LogP contribution < -0.4 is 0 Å². The van der Waals surface area contributed by atoms with Crippen molar-refractivity contribution in [1.82, 2.24) is 9.78 Å². The van der Waals surface area contributed by atoms with E-state index >= 15 is 0 Å². The van der Waals surface area contributed by atoms with Crippen LogP contribution >= 0.6 is 0 Å². The summed E-state index contributed by atoms with van der Waals surface area (Å²) in [7, 11) is 0. The monoisotopic (exact) mass is 184 g/mol. The molecule has 1 heterocycles. The Balaban J connectivity index is 3.00. The van der Waals surface area contributed by atoms with E-state index in [1.54, 1.807) is 13.8 Å². The minimum Gasteiger partial charge on any atom is -0.477 e. The fourth-order valence-electron chi connectivity index (χ4n) is 1.01. The molecule has 5 heteroatoms. The molecule has 0 aromatic carbocycles. The molecule has 0 amide bonds. The summed E-state index contributed by atoms with van der Waals surface area (Å²) < 4.78 is 1.30. The number of hydrogen-bond donors (Lipinski definition) is 2. The normalized spacial score (nSPS) is 15.3. The lowest BCUT2D eigenvalue weighted by molar-refractivity contribution is 0.0668. The molecule has 1 aromatic heterocycles. The van der Waals surface area contributed by atoms with Crippen LogP contribution in [0.4, 0.5) is 0 Å². The van der Waals surface area contributed by atoms with E-state index in [4.69, 9.17) is 5.11 Å². The van der Waals surface area contributed by atoms with E-state index in [2.05, 4.69) is 5.10 Å². The van der Waals surface area contributed by atoms with Gasteiger partial charge in [-0.15, -0.1) is 0 Å². The van der Waals surface area contributed by atoms with E-state index in [-0.39, 0.29) is 11.7 Å². The Bertz CT molecular complexity index is 306. The first-order chi connectivity index (χ1) is 6.04. The minimum atomic E-state index is -1.04. The highest BCUT2D eigenvalue weighted by Gasteiger charge is 2.18. The molecule has 0 aliphatic rings. The lowest BCUT2D eigenvalue weighted by Crippen LogP contribution is -2.22. The predicted molar refractivity (Wildman–Crippen MR) is 45.6 cm³/mol. The molecule has 0 saturated carbocycles. The van der Waals surface area contributed by atoms with E-state index in [1.165, 1.54) is 16.9 Å². The number of carboxylic acids is 1. The zero-order valence-electron chi connectivity index (χ0n) is 7.51.